The van der Waals surface area contributed by atoms with Crippen molar-refractivity contribution in [1.82, 2.24) is 0 Å². The lowest BCUT2D eigenvalue weighted by Gasteiger charge is -2.18. The fourth-order valence-electron chi connectivity index (χ4n) is 9.06. The van der Waals surface area contributed by atoms with Crippen LogP contribution >= 0.6 is 0 Å². The van der Waals surface area contributed by atoms with Gasteiger partial charge >= 0.3 is 17.9 Å². The Morgan fingerprint density at radius 3 is 0.756 bits per heavy atom. The van der Waals surface area contributed by atoms with E-state index < -0.39 is 6.10 Å². The van der Waals surface area contributed by atoms with Gasteiger partial charge in [0.25, 0.3) is 0 Å². The van der Waals surface area contributed by atoms with Gasteiger partial charge in [0.05, 0.1) is 0 Å². The lowest BCUT2D eigenvalue weighted by atomic mass is 10.0. The maximum absolute atomic E-state index is 12.9. The molecular weight excluding hydrogens is 1010 g/mol. The summed E-state index contributed by atoms with van der Waals surface area (Å²) in [6.07, 6.45) is 98.7. The molecule has 0 fully saturated rings. The van der Waals surface area contributed by atoms with Crippen molar-refractivity contribution in [3.63, 3.8) is 0 Å². The van der Waals surface area contributed by atoms with Gasteiger partial charge in [0, 0.05) is 19.3 Å². The summed E-state index contributed by atoms with van der Waals surface area (Å²) in [5, 5.41) is 0. The first-order valence-electron chi connectivity index (χ1n) is 33.8. The minimum absolute atomic E-state index is 0.0887. The number of ether oxygens (including phenoxy) is 3. The molecule has 0 amide bonds. The summed E-state index contributed by atoms with van der Waals surface area (Å²) < 4.78 is 16.9. The quantitative estimate of drug-likeness (QED) is 0.0261. The molecule has 0 aromatic heterocycles. The van der Waals surface area contributed by atoms with Crippen LogP contribution in [-0.4, -0.2) is 37.2 Å². The Morgan fingerprint density at radius 2 is 0.476 bits per heavy atom. The first kappa shape index (κ1) is 77.3. The van der Waals surface area contributed by atoms with E-state index in [0.717, 1.165) is 154 Å². The third-order valence-corrected chi connectivity index (χ3v) is 14.0. The monoisotopic (exact) mass is 1130 g/mol. The molecule has 0 aliphatic carbocycles. The van der Waals surface area contributed by atoms with Crippen LogP contribution in [0.15, 0.2) is 146 Å². The van der Waals surface area contributed by atoms with Gasteiger partial charge in [-0.1, -0.05) is 289 Å². The molecule has 0 spiro atoms. The van der Waals surface area contributed by atoms with Crippen molar-refractivity contribution >= 4 is 17.9 Å². The Hall–Kier alpha value is -4.71. The van der Waals surface area contributed by atoms with Crippen LogP contribution < -0.4 is 0 Å². The highest BCUT2D eigenvalue weighted by molar-refractivity contribution is 5.71. The summed E-state index contributed by atoms with van der Waals surface area (Å²) in [5.41, 5.74) is 0. The van der Waals surface area contributed by atoms with E-state index in [9.17, 15) is 14.4 Å². The number of carbonyl (C=O) groups is 3. The maximum atomic E-state index is 12.9. The summed E-state index contributed by atoms with van der Waals surface area (Å²) in [4.78, 5) is 38.3. The highest BCUT2D eigenvalue weighted by Crippen LogP contribution is 2.16. The van der Waals surface area contributed by atoms with Gasteiger partial charge in [0.2, 0.25) is 0 Å². The first-order chi connectivity index (χ1) is 40.5. The molecule has 82 heavy (non-hydrogen) atoms. The zero-order valence-corrected chi connectivity index (χ0v) is 53.2. The van der Waals surface area contributed by atoms with Gasteiger partial charge in [-0.05, 0) is 135 Å². The second-order valence-electron chi connectivity index (χ2n) is 22.0. The zero-order valence-electron chi connectivity index (χ0n) is 53.2. The Balaban J connectivity index is 4.22. The Bertz CT molecular complexity index is 1780. The van der Waals surface area contributed by atoms with Crippen molar-refractivity contribution in [2.45, 2.75) is 303 Å². The van der Waals surface area contributed by atoms with Crippen LogP contribution in [0.5, 0.6) is 0 Å². The summed E-state index contributed by atoms with van der Waals surface area (Å²) in [7, 11) is 0. The Kier molecular flexibility index (Phi) is 64.8. The van der Waals surface area contributed by atoms with E-state index >= 15 is 0 Å². The molecule has 1 atom stereocenters. The molecule has 0 aliphatic heterocycles. The van der Waals surface area contributed by atoms with Gasteiger partial charge < -0.3 is 14.2 Å². The Morgan fingerprint density at radius 1 is 0.256 bits per heavy atom. The lowest BCUT2D eigenvalue weighted by Crippen LogP contribution is -2.30. The van der Waals surface area contributed by atoms with Crippen molar-refractivity contribution in [3.05, 3.63) is 146 Å². The number of allylic oxidation sites excluding steroid dienone is 24. The molecular formula is C76H124O6. The van der Waals surface area contributed by atoms with E-state index in [1.165, 1.54) is 103 Å². The molecule has 1 unspecified atom stereocenters. The van der Waals surface area contributed by atoms with Crippen LogP contribution in [0.4, 0.5) is 0 Å². The molecule has 0 aliphatic rings. The fraction of sp³-hybridized carbons (Fsp3) is 0.645. The van der Waals surface area contributed by atoms with Gasteiger partial charge in [-0.3, -0.25) is 14.4 Å². The van der Waals surface area contributed by atoms with Crippen molar-refractivity contribution < 1.29 is 28.6 Å². The van der Waals surface area contributed by atoms with Crippen LogP contribution in [0, 0.1) is 0 Å². The van der Waals surface area contributed by atoms with Gasteiger partial charge in [-0.15, -0.1) is 0 Å². The molecule has 0 rings (SSSR count). The number of hydrogen-bond donors (Lipinski definition) is 0. The highest BCUT2D eigenvalue weighted by atomic mass is 16.6. The third-order valence-electron chi connectivity index (χ3n) is 14.0. The third kappa shape index (κ3) is 66.1. The molecule has 0 radical (unpaired) electrons. The van der Waals surface area contributed by atoms with Crippen molar-refractivity contribution in [2.75, 3.05) is 13.2 Å². The van der Waals surface area contributed by atoms with Crippen LogP contribution in [0.3, 0.4) is 0 Å². The largest absolute Gasteiger partial charge is 0.462 e. The minimum atomic E-state index is -0.792. The summed E-state index contributed by atoms with van der Waals surface area (Å²) in [5.74, 6) is -0.908. The van der Waals surface area contributed by atoms with Crippen molar-refractivity contribution in [2.24, 2.45) is 0 Å². The average molecular weight is 1130 g/mol. The molecule has 0 saturated heterocycles. The molecule has 0 bridgehead atoms. The van der Waals surface area contributed by atoms with E-state index in [1.54, 1.807) is 0 Å². The Labute approximate surface area is 506 Å². The smallest absolute Gasteiger partial charge is 0.306 e. The van der Waals surface area contributed by atoms with E-state index in [4.69, 9.17) is 14.2 Å². The van der Waals surface area contributed by atoms with Crippen LogP contribution in [0.1, 0.15) is 297 Å². The van der Waals surface area contributed by atoms with E-state index in [0.29, 0.717) is 19.3 Å². The number of rotatable bonds is 60. The summed E-state index contributed by atoms with van der Waals surface area (Å²) in [6, 6.07) is 0. The highest BCUT2D eigenvalue weighted by Gasteiger charge is 2.19. The lowest BCUT2D eigenvalue weighted by molar-refractivity contribution is -0.167. The van der Waals surface area contributed by atoms with E-state index in [2.05, 4.69) is 167 Å². The topological polar surface area (TPSA) is 78.9 Å². The molecule has 0 heterocycles. The SMILES string of the molecule is CC/C=C\C/C=C\C/C=C\C/C=C\C/C=C\C/C=C\C/C=C\CCCCCCCCCCCCCC(=O)OCC(COC(=O)CCCCCCC/C=C\CCC)OC(=O)CCCCCCCCCC/C=C\C/C=C\C/C=C\C/C=C\CC. The number of hydrogen-bond acceptors (Lipinski definition) is 6. The summed E-state index contributed by atoms with van der Waals surface area (Å²) in [6.45, 7) is 6.34. The average Bonchev–Trinajstić information content (AvgIpc) is 3.48. The van der Waals surface area contributed by atoms with Crippen molar-refractivity contribution in [1.29, 1.82) is 0 Å². The van der Waals surface area contributed by atoms with Gasteiger partial charge in [0.1, 0.15) is 13.2 Å². The molecule has 0 aromatic rings. The van der Waals surface area contributed by atoms with Gasteiger partial charge in [0.15, 0.2) is 6.10 Å². The second-order valence-corrected chi connectivity index (χ2v) is 22.0. The predicted octanol–water partition coefficient (Wildman–Crippen LogP) is 23.5. The molecule has 0 N–H and O–H groups in total. The number of carbonyl (C=O) groups excluding carboxylic acids is 3. The van der Waals surface area contributed by atoms with Crippen molar-refractivity contribution in [3.8, 4) is 0 Å². The van der Waals surface area contributed by atoms with Gasteiger partial charge in [-0.2, -0.15) is 0 Å². The normalized spacial score (nSPS) is 13.1. The standard InChI is InChI=1S/C76H124O6/c1-4-7-10-13-16-19-22-24-26-28-30-32-33-34-35-36-37-38-39-40-41-42-43-45-46-48-50-52-54-57-60-63-66-69-75(78)81-72-73(71-80-74(77)68-65-62-59-56-21-18-15-12-9-6-3)82-76(79)70-67-64-61-58-55-53-51-49-47-44-31-29-27-25-23-20-17-14-11-8-5-2/h7-8,10-12,15-17,19-20,24-27,30-32,34-35,37-38,40-41,44,73H,4-6,9,13-14,18,21-23,28-29,33,36,39,42-43,45-72H2,1-3H3/b10-7-,11-8-,15-12-,19-16-,20-17-,26-24-,27-25-,32-30-,35-34-,38-37-,41-40-,44-31-. The minimum Gasteiger partial charge on any atom is -0.462 e. The zero-order chi connectivity index (χ0) is 59.2. The maximum Gasteiger partial charge on any atom is 0.306 e. The fourth-order valence-corrected chi connectivity index (χ4v) is 9.06. The van der Waals surface area contributed by atoms with E-state index in [-0.39, 0.29) is 31.1 Å². The predicted molar refractivity (Wildman–Crippen MR) is 357 cm³/mol. The molecule has 0 aromatic carbocycles. The molecule has 6 nitrogen and oxygen atoms in total. The van der Waals surface area contributed by atoms with Crippen LogP contribution in [0.2, 0.25) is 0 Å². The summed E-state index contributed by atoms with van der Waals surface area (Å²) >= 11 is 0. The molecule has 464 valence electrons. The van der Waals surface area contributed by atoms with Crippen LogP contribution in [0.25, 0.3) is 0 Å². The second kappa shape index (κ2) is 68.8. The van der Waals surface area contributed by atoms with Gasteiger partial charge in [-0.25, -0.2) is 0 Å². The van der Waals surface area contributed by atoms with Crippen LogP contribution in [-0.2, 0) is 28.6 Å². The molecule has 6 heteroatoms. The number of unbranched alkanes of at least 4 members (excludes halogenated alkanes) is 25. The number of esters is 3. The first-order valence-corrected chi connectivity index (χ1v) is 33.8. The van der Waals surface area contributed by atoms with E-state index in [1.807, 2.05) is 0 Å². The molecule has 0 saturated carbocycles.